The van der Waals surface area contributed by atoms with Gasteiger partial charge >= 0.3 is 6.03 Å². The third kappa shape index (κ3) is 9.05. The second-order valence-corrected chi connectivity index (χ2v) is 13.4. The molecule has 1 unspecified atom stereocenters. The minimum Gasteiger partial charge on any atom is -0.399 e. The molecule has 2 aromatic carbocycles. The van der Waals surface area contributed by atoms with Crippen LogP contribution in [0.5, 0.6) is 0 Å². The van der Waals surface area contributed by atoms with Crippen molar-refractivity contribution in [3.63, 3.8) is 0 Å². The second-order valence-electron chi connectivity index (χ2n) is 11.8. The first-order valence-electron chi connectivity index (χ1n) is 15.4. The minimum atomic E-state index is -0.253. The number of nitrogens with zero attached hydrogens (tertiary/aromatic N) is 8. The molecule has 252 valence electrons. The molecule has 1 atom stereocenters. The summed E-state index contributed by atoms with van der Waals surface area (Å²) < 4.78 is 0. The Morgan fingerprint density at radius 2 is 1.81 bits per heavy atom. The Hall–Kier alpha value is -3.16. The highest BCUT2D eigenvalue weighted by molar-refractivity contribution is 6.42. The van der Waals surface area contributed by atoms with Crippen molar-refractivity contribution in [2.75, 3.05) is 53.4 Å². The van der Waals surface area contributed by atoms with Gasteiger partial charge in [-0.15, -0.1) is 10.2 Å². The quantitative estimate of drug-likeness (QED) is 0.184. The van der Waals surface area contributed by atoms with Gasteiger partial charge < -0.3 is 24.4 Å². The lowest BCUT2D eigenvalue weighted by Crippen LogP contribution is -2.55. The highest BCUT2D eigenvalue weighted by Gasteiger charge is 2.34. The maximum Gasteiger partial charge on any atom is 0.320 e. The van der Waals surface area contributed by atoms with E-state index in [2.05, 4.69) is 30.7 Å². The maximum absolute atomic E-state index is 13.4. The second kappa shape index (κ2) is 16.3. The fourth-order valence-corrected chi connectivity index (χ4v) is 7.10. The number of carbonyl (C=O) groups is 2. The van der Waals surface area contributed by atoms with Crippen molar-refractivity contribution in [2.24, 2.45) is 5.16 Å². The summed E-state index contributed by atoms with van der Waals surface area (Å²) in [5.74, 6) is 0.0339. The van der Waals surface area contributed by atoms with Crippen LogP contribution in [0.4, 0.5) is 4.79 Å². The molecule has 0 radical (unpaired) electrons. The number of rotatable bonds is 12. The number of halogens is 4. The topological polar surface area (TPSA) is 123 Å². The van der Waals surface area contributed by atoms with Crippen LogP contribution in [0, 0.1) is 0 Å². The largest absolute Gasteiger partial charge is 0.399 e. The molecule has 3 heterocycles. The smallest absolute Gasteiger partial charge is 0.320 e. The van der Waals surface area contributed by atoms with Crippen molar-refractivity contribution in [3.05, 3.63) is 73.4 Å². The number of nitrogens with one attached hydrogen (secondary N) is 1. The molecule has 0 aliphatic carbocycles. The van der Waals surface area contributed by atoms with Crippen molar-refractivity contribution in [1.29, 1.82) is 0 Å². The monoisotopic (exact) mass is 723 g/mol. The van der Waals surface area contributed by atoms with Gasteiger partial charge in [-0.3, -0.25) is 4.79 Å². The summed E-state index contributed by atoms with van der Waals surface area (Å²) in [5, 5.41) is 20.1. The predicted molar refractivity (Wildman–Crippen MR) is 182 cm³/mol. The lowest BCUT2D eigenvalue weighted by molar-refractivity contribution is 0.0753. The minimum absolute atomic E-state index is 0.0262. The number of hydrogen-bond acceptors (Lipinski definition) is 8. The molecular weight excluding hydrogens is 688 g/mol. The SMILES string of the molecule is CO/N=C(\CN(C)C(=O)c1cc(Cl)cc(Cl)c1)C(CCN1CCC(N2CCCN(Cc3nn[nH]n3)C2=O)CC1)c1ccc(Cl)c(Cl)c1. The Balaban J connectivity index is 1.25. The molecule has 1 aromatic heterocycles. The summed E-state index contributed by atoms with van der Waals surface area (Å²) in [6, 6.07) is 10.5. The molecule has 2 saturated heterocycles. The van der Waals surface area contributed by atoms with Crippen LogP contribution in [-0.2, 0) is 11.4 Å². The van der Waals surface area contributed by atoms with Crippen LogP contribution in [0.1, 0.15) is 53.3 Å². The Bertz CT molecular complexity index is 1550. The number of oxime groups is 1. The molecule has 2 aliphatic rings. The highest BCUT2D eigenvalue weighted by Crippen LogP contribution is 2.31. The standard InChI is InChI=1S/C31H37Cl4N9O3/c1-41(30(45)21-14-22(32)17-23(33)15-21)18-28(38-47-2)25(20-4-5-26(34)27(35)16-20)8-13-42-11-6-24(7-12-42)44-10-3-9-43(31(44)46)19-29-36-39-40-37-29/h4-5,14-17,24-25H,3,6-13,18-19H2,1-2H3,(H,36,37,39,40)/b38-28+. The number of carbonyl (C=O) groups excluding carboxylic acids is 2. The Labute approximate surface area is 293 Å². The van der Waals surface area contributed by atoms with Gasteiger partial charge in [0.25, 0.3) is 5.91 Å². The van der Waals surface area contributed by atoms with Crippen LogP contribution >= 0.6 is 46.4 Å². The van der Waals surface area contributed by atoms with E-state index in [1.165, 1.54) is 7.11 Å². The third-order valence-electron chi connectivity index (χ3n) is 8.61. The number of amides is 3. The fraction of sp³-hybridized carbons (Fsp3) is 0.484. The predicted octanol–water partition coefficient (Wildman–Crippen LogP) is 5.85. The van der Waals surface area contributed by atoms with Gasteiger partial charge in [-0.2, -0.15) is 5.21 Å². The zero-order valence-corrected chi connectivity index (χ0v) is 29.2. The van der Waals surface area contributed by atoms with Crippen molar-refractivity contribution in [3.8, 4) is 0 Å². The van der Waals surface area contributed by atoms with Gasteiger partial charge in [0.15, 0.2) is 5.82 Å². The van der Waals surface area contributed by atoms with Gasteiger partial charge in [0.2, 0.25) is 0 Å². The molecule has 3 aromatic rings. The van der Waals surface area contributed by atoms with Crippen LogP contribution in [0.2, 0.25) is 20.1 Å². The molecule has 1 N–H and O–H groups in total. The molecule has 0 bridgehead atoms. The third-order valence-corrected chi connectivity index (χ3v) is 9.78. The van der Waals surface area contributed by atoms with Crippen molar-refractivity contribution in [2.45, 2.75) is 44.2 Å². The fourth-order valence-electron chi connectivity index (χ4n) is 6.26. The van der Waals surface area contributed by atoms with Gasteiger partial charge in [-0.1, -0.05) is 62.8 Å². The Morgan fingerprint density at radius 1 is 1.06 bits per heavy atom. The maximum atomic E-state index is 13.4. The van der Waals surface area contributed by atoms with E-state index < -0.39 is 0 Å². The first kappa shape index (κ1) is 35.2. The number of benzene rings is 2. The van der Waals surface area contributed by atoms with E-state index >= 15 is 0 Å². The molecule has 5 rings (SSSR count). The number of hydrogen-bond donors (Lipinski definition) is 1. The zero-order valence-electron chi connectivity index (χ0n) is 26.2. The molecular formula is C31H37Cl4N9O3. The molecule has 3 amide bonds. The number of likely N-dealkylation sites (tertiary alicyclic amines) is 1. The number of urea groups is 1. The molecule has 0 saturated carbocycles. The molecule has 16 heteroatoms. The van der Waals surface area contributed by atoms with Crippen LogP contribution in [0.25, 0.3) is 0 Å². The summed E-state index contributed by atoms with van der Waals surface area (Å²) in [7, 11) is 3.19. The summed E-state index contributed by atoms with van der Waals surface area (Å²) in [4.78, 5) is 39.7. The Kier molecular flexibility index (Phi) is 12.2. The first-order chi connectivity index (χ1) is 22.6. The van der Waals surface area contributed by atoms with E-state index in [0.717, 1.165) is 51.0 Å². The summed E-state index contributed by atoms with van der Waals surface area (Å²) in [5.41, 5.74) is 1.95. The lowest BCUT2D eigenvalue weighted by Gasteiger charge is -2.43. The normalized spacial score (nSPS) is 17.2. The van der Waals surface area contributed by atoms with E-state index in [-0.39, 0.29) is 30.4 Å². The number of piperidine rings is 1. The molecule has 0 spiro atoms. The van der Waals surface area contributed by atoms with Gasteiger partial charge in [0.05, 0.1) is 28.8 Å². The first-order valence-corrected chi connectivity index (χ1v) is 16.9. The van der Waals surface area contributed by atoms with Gasteiger partial charge in [-0.25, -0.2) is 4.79 Å². The van der Waals surface area contributed by atoms with Gasteiger partial charge in [0.1, 0.15) is 7.11 Å². The van der Waals surface area contributed by atoms with E-state index in [1.807, 2.05) is 17.0 Å². The van der Waals surface area contributed by atoms with Crippen LogP contribution in [-0.4, -0.2) is 117 Å². The van der Waals surface area contributed by atoms with E-state index in [4.69, 9.17) is 51.2 Å². The van der Waals surface area contributed by atoms with Gasteiger partial charge in [-0.05, 0) is 68.1 Å². The Morgan fingerprint density at radius 3 is 2.47 bits per heavy atom. The molecule has 47 heavy (non-hydrogen) atoms. The number of H-pyrrole nitrogens is 1. The summed E-state index contributed by atoms with van der Waals surface area (Å²) in [6.07, 6.45) is 3.34. The van der Waals surface area contributed by atoms with Crippen LogP contribution < -0.4 is 0 Å². The summed E-state index contributed by atoms with van der Waals surface area (Å²) in [6.45, 7) is 4.42. The van der Waals surface area contributed by atoms with Crippen molar-refractivity contribution >= 4 is 64.1 Å². The van der Waals surface area contributed by atoms with Crippen molar-refractivity contribution < 1.29 is 14.4 Å². The zero-order chi connectivity index (χ0) is 33.5. The van der Waals surface area contributed by atoms with E-state index in [0.29, 0.717) is 56.7 Å². The average Bonchev–Trinajstić information content (AvgIpc) is 3.56. The highest BCUT2D eigenvalue weighted by atomic mass is 35.5. The molecule has 2 fully saturated rings. The summed E-state index contributed by atoms with van der Waals surface area (Å²) >= 11 is 25.0. The van der Waals surface area contributed by atoms with Crippen LogP contribution in [0.3, 0.4) is 0 Å². The molecule has 2 aliphatic heterocycles. The molecule has 12 nitrogen and oxygen atoms in total. The van der Waals surface area contributed by atoms with Gasteiger partial charge in [0, 0.05) is 60.8 Å². The average molecular weight is 726 g/mol. The van der Waals surface area contributed by atoms with Crippen molar-refractivity contribution in [1.82, 2.24) is 40.2 Å². The lowest BCUT2D eigenvalue weighted by atomic mass is 9.89. The van der Waals surface area contributed by atoms with Crippen LogP contribution in [0.15, 0.2) is 41.6 Å². The number of aromatic nitrogens is 4. The van der Waals surface area contributed by atoms with E-state index in [9.17, 15) is 9.59 Å². The number of aromatic amines is 1. The van der Waals surface area contributed by atoms with E-state index in [1.54, 1.807) is 41.1 Å². The number of tetrazole rings is 1.